The van der Waals surface area contributed by atoms with Crippen LogP contribution in [0.1, 0.15) is 24.4 Å². The van der Waals surface area contributed by atoms with Crippen LogP contribution in [0.2, 0.25) is 5.02 Å². The van der Waals surface area contributed by atoms with Gasteiger partial charge >= 0.3 is 0 Å². The number of nitrogens with two attached hydrogens (primary N) is 1. The van der Waals surface area contributed by atoms with E-state index in [4.69, 9.17) is 22.4 Å². The number of aliphatic hydroxyl groups is 1. The maximum Gasteiger partial charge on any atom is 0.0453 e. The van der Waals surface area contributed by atoms with E-state index >= 15 is 0 Å². The van der Waals surface area contributed by atoms with Crippen molar-refractivity contribution in [1.82, 2.24) is 0 Å². The number of aliphatic hydroxyl groups excluding tert-OH is 1. The van der Waals surface area contributed by atoms with E-state index in [-0.39, 0.29) is 25.1 Å². The molecule has 0 saturated carbocycles. The molecule has 0 fully saturated rings. The fraction of sp³-hybridized carbons (Fsp3) is 0.400. The Bertz CT molecular complexity index is 268. The van der Waals surface area contributed by atoms with Crippen LogP contribution in [0.4, 0.5) is 0 Å². The van der Waals surface area contributed by atoms with Crippen LogP contribution in [0, 0.1) is 0 Å². The number of hydrogen-bond acceptors (Lipinski definition) is 2. The van der Waals surface area contributed by atoms with Crippen LogP contribution in [0.15, 0.2) is 24.3 Å². The molecule has 2 nitrogen and oxygen atoms in total. The van der Waals surface area contributed by atoms with Gasteiger partial charge in [0.1, 0.15) is 0 Å². The summed E-state index contributed by atoms with van der Waals surface area (Å²) in [6, 6.07) is 7.48. The van der Waals surface area contributed by atoms with Crippen LogP contribution >= 0.6 is 24.0 Å². The number of benzene rings is 1. The Morgan fingerprint density at radius 1 is 1.36 bits per heavy atom. The standard InChI is InChI=1S/C10H14ClNO.ClH/c11-9-5-2-1-4-8(9)10(12)6-3-7-13;/h1-2,4-5,10,13H,3,6-7,12H2;1H/t10-;/m1./s1. The molecule has 0 bridgehead atoms. The molecule has 14 heavy (non-hydrogen) atoms. The van der Waals surface area contributed by atoms with Gasteiger partial charge in [-0.2, -0.15) is 0 Å². The average Bonchev–Trinajstić information content (AvgIpc) is 2.15. The minimum absolute atomic E-state index is 0. The molecule has 0 unspecified atom stereocenters. The van der Waals surface area contributed by atoms with Gasteiger partial charge in [0, 0.05) is 17.7 Å². The topological polar surface area (TPSA) is 46.2 Å². The van der Waals surface area contributed by atoms with Crippen molar-refractivity contribution >= 4 is 24.0 Å². The van der Waals surface area contributed by atoms with Crippen LogP contribution in [0.3, 0.4) is 0 Å². The van der Waals surface area contributed by atoms with Gasteiger partial charge in [0.25, 0.3) is 0 Å². The number of halogens is 2. The van der Waals surface area contributed by atoms with Gasteiger partial charge in [0.15, 0.2) is 0 Å². The molecule has 0 aliphatic heterocycles. The second-order valence-corrected chi connectivity index (χ2v) is 3.40. The summed E-state index contributed by atoms with van der Waals surface area (Å²) in [5.74, 6) is 0. The van der Waals surface area contributed by atoms with Crippen LogP contribution < -0.4 is 5.73 Å². The van der Waals surface area contributed by atoms with Gasteiger partial charge in [-0.3, -0.25) is 0 Å². The first-order valence-electron chi connectivity index (χ1n) is 4.36. The van der Waals surface area contributed by atoms with Crippen molar-refractivity contribution in [2.24, 2.45) is 5.73 Å². The molecule has 1 aromatic rings. The lowest BCUT2D eigenvalue weighted by Crippen LogP contribution is -2.11. The summed E-state index contributed by atoms with van der Waals surface area (Å²) in [4.78, 5) is 0. The molecular formula is C10H15Cl2NO. The van der Waals surface area contributed by atoms with Crippen molar-refractivity contribution in [1.29, 1.82) is 0 Å². The highest BCUT2D eigenvalue weighted by molar-refractivity contribution is 6.31. The maximum atomic E-state index is 8.64. The van der Waals surface area contributed by atoms with Crippen LogP contribution in [0.5, 0.6) is 0 Å². The van der Waals surface area contributed by atoms with E-state index < -0.39 is 0 Å². The normalized spacial score (nSPS) is 11.9. The third-order valence-corrected chi connectivity index (χ3v) is 2.32. The van der Waals surface area contributed by atoms with Crippen molar-refractivity contribution in [3.8, 4) is 0 Å². The fourth-order valence-electron chi connectivity index (χ4n) is 1.24. The Kier molecular flexibility index (Phi) is 6.93. The molecule has 80 valence electrons. The average molecular weight is 236 g/mol. The van der Waals surface area contributed by atoms with Crippen LogP contribution in [-0.4, -0.2) is 11.7 Å². The molecule has 0 heterocycles. The lowest BCUT2D eigenvalue weighted by Gasteiger charge is -2.12. The Morgan fingerprint density at radius 2 is 2.00 bits per heavy atom. The van der Waals surface area contributed by atoms with Gasteiger partial charge in [-0.25, -0.2) is 0 Å². The molecule has 1 aromatic carbocycles. The molecule has 3 N–H and O–H groups in total. The third kappa shape index (κ3) is 3.84. The van der Waals surface area contributed by atoms with Gasteiger partial charge in [-0.05, 0) is 24.5 Å². The smallest absolute Gasteiger partial charge is 0.0453 e. The summed E-state index contributed by atoms with van der Waals surface area (Å²) in [6.07, 6.45) is 1.48. The van der Waals surface area contributed by atoms with E-state index in [0.717, 1.165) is 12.0 Å². The molecule has 0 amide bonds. The Labute approximate surface area is 95.5 Å². The SMILES string of the molecule is Cl.N[C@H](CCCO)c1ccccc1Cl. The Balaban J connectivity index is 0.00000169. The Morgan fingerprint density at radius 3 is 2.57 bits per heavy atom. The summed E-state index contributed by atoms with van der Waals surface area (Å²) in [7, 11) is 0. The van der Waals surface area contributed by atoms with E-state index in [2.05, 4.69) is 0 Å². The monoisotopic (exact) mass is 235 g/mol. The van der Waals surface area contributed by atoms with E-state index in [1.54, 1.807) is 0 Å². The molecular weight excluding hydrogens is 221 g/mol. The Hall–Kier alpha value is -0.280. The summed E-state index contributed by atoms with van der Waals surface area (Å²) in [5, 5.41) is 9.34. The lowest BCUT2D eigenvalue weighted by atomic mass is 10.0. The highest BCUT2D eigenvalue weighted by atomic mass is 35.5. The molecule has 0 radical (unpaired) electrons. The van der Waals surface area contributed by atoms with Crippen molar-refractivity contribution in [2.75, 3.05) is 6.61 Å². The molecule has 0 saturated heterocycles. The van der Waals surface area contributed by atoms with E-state index in [9.17, 15) is 0 Å². The van der Waals surface area contributed by atoms with Gasteiger partial charge in [-0.15, -0.1) is 12.4 Å². The van der Waals surface area contributed by atoms with Crippen molar-refractivity contribution in [2.45, 2.75) is 18.9 Å². The molecule has 1 atom stereocenters. The predicted molar refractivity (Wildman–Crippen MR) is 61.9 cm³/mol. The number of rotatable bonds is 4. The van der Waals surface area contributed by atoms with E-state index in [1.165, 1.54) is 0 Å². The number of hydrogen-bond donors (Lipinski definition) is 2. The maximum absolute atomic E-state index is 8.64. The zero-order chi connectivity index (χ0) is 9.68. The first-order chi connectivity index (χ1) is 6.25. The lowest BCUT2D eigenvalue weighted by molar-refractivity contribution is 0.280. The van der Waals surface area contributed by atoms with Crippen molar-refractivity contribution in [3.05, 3.63) is 34.9 Å². The van der Waals surface area contributed by atoms with Crippen LogP contribution in [-0.2, 0) is 0 Å². The second-order valence-electron chi connectivity index (χ2n) is 2.99. The van der Waals surface area contributed by atoms with Gasteiger partial charge < -0.3 is 10.8 Å². The van der Waals surface area contributed by atoms with Crippen molar-refractivity contribution in [3.63, 3.8) is 0 Å². The summed E-state index contributed by atoms with van der Waals surface area (Å²) in [5.41, 5.74) is 6.84. The fourth-order valence-corrected chi connectivity index (χ4v) is 1.52. The molecule has 0 aliphatic carbocycles. The highest BCUT2D eigenvalue weighted by Crippen LogP contribution is 2.23. The molecule has 0 spiro atoms. The quantitative estimate of drug-likeness (QED) is 0.843. The first-order valence-corrected chi connectivity index (χ1v) is 4.74. The summed E-state index contributed by atoms with van der Waals surface area (Å²) in [6.45, 7) is 0.179. The molecule has 0 aromatic heterocycles. The molecule has 1 rings (SSSR count). The minimum Gasteiger partial charge on any atom is -0.396 e. The van der Waals surface area contributed by atoms with E-state index in [1.807, 2.05) is 24.3 Å². The molecule has 4 heteroatoms. The summed E-state index contributed by atoms with van der Waals surface area (Å²) >= 11 is 5.96. The summed E-state index contributed by atoms with van der Waals surface area (Å²) < 4.78 is 0. The highest BCUT2D eigenvalue weighted by Gasteiger charge is 2.08. The first kappa shape index (κ1) is 13.7. The predicted octanol–water partition coefficient (Wildman–Crippen LogP) is 2.53. The van der Waals surface area contributed by atoms with Crippen LogP contribution in [0.25, 0.3) is 0 Å². The zero-order valence-corrected chi connectivity index (χ0v) is 9.39. The largest absolute Gasteiger partial charge is 0.396 e. The minimum atomic E-state index is -0.0687. The third-order valence-electron chi connectivity index (χ3n) is 1.98. The van der Waals surface area contributed by atoms with Gasteiger partial charge in [0.2, 0.25) is 0 Å². The van der Waals surface area contributed by atoms with Gasteiger partial charge in [-0.1, -0.05) is 29.8 Å². The zero-order valence-electron chi connectivity index (χ0n) is 7.82. The van der Waals surface area contributed by atoms with Crippen molar-refractivity contribution < 1.29 is 5.11 Å². The van der Waals surface area contributed by atoms with Gasteiger partial charge in [0.05, 0.1) is 0 Å². The second kappa shape index (κ2) is 7.07. The van der Waals surface area contributed by atoms with E-state index in [0.29, 0.717) is 11.4 Å². The molecule has 0 aliphatic rings.